The topological polar surface area (TPSA) is 169 Å². The van der Waals surface area contributed by atoms with Crippen molar-refractivity contribution in [3.63, 3.8) is 0 Å². The number of piperidine rings is 1. The lowest BCUT2D eigenvalue weighted by Crippen LogP contribution is -2.77. The molecule has 36 heavy (non-hydrogen) atoms. The van der Waals surface area contributed by atoms with Gasteiger partial charge in [-0.25, -0.2) is 4.79 Å². The van der Waals surface area contributed by atoms with E-state index in [9.17, 15) is 35.4 Å². The normalized spacial score (nSPS) is 44.9. The van der Waals surface area contributed by atoms with Gasteiger partial charge in [0.25, 0.3) is 0 Å². The van der Waals surface area contributed by atoms with E-state index in [4.69, 9.17) is 14.2 Å². The van der Waals surface area contributed by atoms with Crippen molar-refractivity contribution in [2.75, 3.05) is 13.1 Å². The Morgan fingerprint density at radius 3 is 2.69 bits per heavy atom. The summed E-state index contributed by atoms with van der Waals surface area (Å²) >= 11 is 0. The number of nitrogens with zero attached hydrogens (tertiary/aromatic N) is 1. The number of hydrogen-bond acceptors (Lipinski definition) is 10. The van der Waals surface area contributed by atoms with E-state index in [0.717, 1.165) is 11.1 Å². The molecule has 2 bridgehead atoms. The summed E-state index contributed by atoms with van der Waals surface area (Å²) < 4.78 is 17.5. The molecule has 1 spiro atoms. The zero-order chi connectivity index (χ0) is 25.6. The van der Waals surface area contributed by atoms with E-state index in [1.54, 1.807) is 6.07 Å². The third-order valence-corrected chi connectivity index (χ3v) is 8.95. The second-order valence-electron chi connectivity index (χ2n) is 10.6. The molecule has 196 valence electrons. The van der Waals surface area contributed by atoms with Gasteiger partial charge in [-0.05, 0) is 43.9 Å². The van der Waals surface area contributed by atoms with Crippen LogP contribution in [-0.4, -0.2) is 109 Å². The van der Waals surface area contributed by atoms with Gasteiger partial charge in [-0.2, -0.15) is 0 Å². The van der Waals surface area contributed by atoms with Gasteiger partial charge in [0.2, 0.25) is 6.29 Å². The van der Waals surface area contributed by atoms with E-state index in [-0.39, 0.29) is 11.8 Å². The number of carboxylic acid groups (broad SMARTS) is 1. The number of aliphatic hydroxyl groups excluding tert-OH is 4. The molecule has 3 fully saturated rings. The summed E-state index contributed by atoms with van der Waals surface area (Å²) in [6.45, 7) is 5.18. The highest BCUT2D eigenvalue weighted by Crippen LogP contribution is 2.65. The minimum atomic E-state index is -1.84. The third kappa shape index (κ3) is 2.96. The van der Waals surface area contributed by atoms with Gasteiger partial charge in [0, 0.05) is 18.2 Å². The van der Waals surface area contributed by atoms with E-state index in [0.29, 0.717) is 44.5 Å². The predicted octanol–water partition coefficient (Wildman–Crippen LogP) is -1.34. The van der Waals surface area contributed by atoms with Gasteiger partial charge in [0.05, 0.1) is 17.1 Å². The number of aliphatic carboxylic acids is 1. The number of carboxylic acids is 1. The summed E-state index contributed by atoms with van der Waals surface area (Å²) in [5.41, 5.74) is -0.284. The van der Waals surface area contributed by atoms with E-state index >= 15 is 0 Å². The summed E-state index contributed by atoms with van der Waals surface area (Å²) in [5, 5.41) is 63.2. The highest BCUT2D eigenvalue weighted by Gasteiger charge is 2.72. The van der Waals surface area contributed by atoms with Crippen LogP contribution in [0.5, 0.6) is 11.5 Å². The maximum atomic E-state index is 12.2. The second kappa shape index (κ2) is 8.12. The Balaban J connectivity index is 1.42. The van der Waals surface area contributed by atoms with Crippen LogP contribution >= 0.6 is 0 Å². The highest BCUT2D eigenvalue weighted by molar-refractivity contribution is 5.73. The summed E-state index contributed by atoms with van der Waals surface area (Å²) in [5.74, 6) is -1.06. The molecule has 0 radical (unpaired) electrons. The fourth-order valence-corrected chi connectivity index (χ4v) is 7.35. The average molecular weight is 506 g/mol. The van der Waals surface area contributed by atoms with Gasteiger partial charge >= 0.3 is 5.97 Å². The average Bonchev–Trinajstić information content (AvgIpc) is 3.20. The van der Waals surface area contributed by atoms with Crippen LogP contribution in [0.2, 0.25) is 0 Å². The first-order valence-electron chi connectivity index (χ1n) is 12.3. The second-order valence-corrected chi connectivity index (χ2v) is 10.6. The Bertz CT molecular complexity index is 1100. The molecule has 3 heterocycles. The monoisotopic (exact) mass is 505 g/mol. The zero-order valence-electron chi connectivity index (χ0n) is 19.6. The minimum absolute atomic E-state index is 0.135. The van der Waals surface area contributed by atoms with Gasteiger partial charge in [0.1, 0.15) is 24.4 Å². The Labute approximate surface area is 207 Å². The first kappa shape index (κ1) is 24.1. The molecule has 11 nitrogen and oxygen atoms in total. The molecular weight excluding hydrogens is 474 g/mol. The molecule has 10 atom stereocenters. The predicted molar refractivity (Wildman–Crippen MR) is 122 cm³/mol. The van der Waals surface area contributed by atoms with Crippen LogP contribution in [0, 0.1) is 0 Å². The van der Waals surface area contributed by atoms with Gasteiger partial charge in [-0.15, -0.1) is 6.58 Å². The Morgan fingerprint density at radius 2 is 1.97 bits per heavy atom. The van der Waals surface area contributed by atoms with Gasteiger partial charge in [-0.1, -0.05) is 12.1 Å². The highest BCUT2D eigenvalue weighted by atomic mass is 16.7. The third-order valence-electron chi connectivity index (χ3n) is 8.95. The number of carbonyl (C=O) groups is 1. The van der Waals surface area contributed by atoms with Crippen molar-refractivity contribution in [2.45, 2.75) is 85.7 Å². The number of rotatable bonds is 5. The van der Waals surface area contributed by atoms with Crippen molar-refractivity contribution in [2.24, 2.45) is 0 Å². The van der Waals surface area contributed by atoms with Crippen LogP contribution in [0.15, 0.2) is 24.8 Å². The Kier molecular flexibility index (Phi) is 5.44. The molecule has 2 aliphatic carbocycles. The Morgan fingerprint density at radius 1 is 1.19 bits per heavy atom. The van der Waals surface area contributed by atoms with Crippen LogP contribution in [-0.2, 0) is 21.4 Å². The number of benzene rings is 1. The van der Waals surface area contributed by atoms with Crippen molar-refractivity contribution in [1.82, 2.24) is 4.90 Å². The summed E-state index contributed by atoms with van der Waals surface area (Å²) in [6.07, 6.45) is -6.57. The quantitative estimate of drug-likeness (QED) is 0.262. The molecule has 0 aromatic heterocycles. The maximum Gasteiger partial charge on any atom is 0.335 e. The fourth-order valence-electron chi connectivity index (χ4n) is 7.35. The fraction of sp³-hybridized carbons (Fsp3) is 0.640. The number of ether oxygens (including phenoxy) is 3. The van der Waals surface area contributed by atoms with Crippen LogP contribution in [0.1, 0.15) is 30.4 Å². The molecule has 6 N–H and O–H groups in total. The van der Waals surface area contributed by atoms with Crippen molar-refractivity contribution >= 4 is 5.97 Å². The maximum absolute atomic E-state index is 12.2. The Hall–Kier alpha value is -2.25. The van der Waals surface area contributed by atoms with Crippen molar-refractivity contribution in [3.05, 3.63) is 35.9 Å². The van der Waals surface area contributed by atoms with Gasteiger partial charge in [0.15, 0.2) is 17.6 Å². The zero-order valence-corrected chi connectivity index (χ0v) is 19.6. The number of aliphatic hydroxyl groups is 5. The van der Waals surface area contributed by atoms with Crippen LogP contribution < -0.4 is 9.47 Å². The summed E-state index contributed by atoms with van der Waals surface area (Å²) in [7, 11) is 0. The lowest BCUT2D eigenvalue weighted by Gasteiger charge is -2.63. The molecule has 5 aliphatic rings. The van der Waals surface area contributed by atoms with Gasteiger partial charge < -0.3 is 44.8 Å². The van der Waals surface area contributed by atoms with Crippen molar-refractivity contribution in [1.29, 1.82) is 0 Å². The lowest BCUT2D eigenvalue weighted by atomic mass is 9.48. The number of hydrogen-bond donors (Lipinski definition) is 6. The molecule has 1 aromatic carbocycles. The molecule has 0 amide bonds. The molecule has 2 saturated heterocycles. The van der Waals surface area contributed by atoms with E-state index in [1.807, 2.05) is 12.1 Å². The first-order valence-corrected chi connectivity index (χ1v) is 12.3. The largest absolute Gasteiger partial charge is 0.482 e. The standard InChI is InChI=1S/C25H31NO10/c1-2-8-26-9-7-24-15-11-3-4-13(34-23-18(30)16(28)17(29)20(36-23)22(31)32)19(15)35-21(24)12(27)5-6-25(24,33)14(26)10-11/h2-4,12,14,16-18,20-21,23,27-30,33H,1,5-10H2,(H,31,32)/t12-,14+,16-,17-,18-,20+,21-,23+,24-,25+/m0/s1. The molecular formula is C25H31NO10. The van der Waals surface area contributed by atoms with E-state index in [2.05, 4.69) is 11.5 Å². The smallest absolute Gasteiger partial charge is 0.335 e. The lowest BCUT2D eigenvalue weighted by molar-refractivity contribution is -0.271. The van der Waals surface area contributed by atoms with E-state index in [1.165, 1.54) is 0 Å². The van der Waals surface area contributed by atoms with Crippen LogP contribution in [0.3, 0.4) is 0 Å². The molecule has 11 heteroatoms. The van der Waals surface area contributed by atoms with Crippen LogP contribution in [0.4, 0.5) is 0 Å². The SMILES string of the molecule is C=CCN1CC[C@]23c4c5ccc(O[C@@H]6O[C@@H](C(=O)O)[C@@H](O)[C@H](O)[C@@H]6O)c4O[C@H]2[C@@H](O)CC[C@@]3(O)[C@H]1C5. The summed E-state index contributed by atoms with van der Waals surface area (Å²) in [6, 6.07) is 3.29. The first-order chi connectivity index (χ1) is 17.1. The van der Waals surface area contributed by atoms with E-state index < -0.39 is 59.9 Å². The molecule has 1 aromatic rings. The number of likely N-dealkylation sites (tertiary alicyclic amines) is 1. The van der Waals surface area contributed by atoms with Crippen molar-refractivity contribution in [3.8, 4) is 11.5 Å². The van der Waals surface area contributed by atoms with Gasteiger partial charge in [-0.3, -0.25) is 4.90 Å². The van der Waals surface area contributed by atoms with Crippen LogP contribution in [0.25, 0.3) is 0 Å². The van der Waals surface area contributed by atoms with Crippen molar-refractivity contribution < 1.29 is 49.6 Å². The molecule has 6 rings (SSSR count). The molecule has 1 saturated carbocycles. The molecule has 0 unspecified atom stereocenters. The minimum Gasteiger partial charge on any atom is -0.482 e. The summed E-state index contributed by atoms with van der Waals surface area (Å²) in [4.78, 5) is 13.7. The molecule has 3 aliphatic heterocycles.